The van der Waals surface area contributed by atoms with Crippen molar-refractivity contribution in [2.45, 2.75) is 37.8 Å². The highest BCUT2D eigenvalue weighted by atomic mass is 31.2. The fourth-order valence-corrected chi connectivity index (χ4v) is 9.76. The van der Waals surface area contributed by atoms with Crippen LogP contribution in [0.2, 0.25) is 0 Å². The van der Waals surface area contributed by atoms with Crippen LogP contribution in [0.1, 0.15) is 32.1 Å². The molecule has 1 saturated carbocycles. The Morgan fingerprint density at radius 1 is 0.643 bits per heavy atom. The maximum Gasteiger partial charge on any atom is 0.115 e. The van der Waals surface area contributed by atoms with E-state index in [-0.39, 0.29) is 0 Å². The predicted octanol–water partition coefficient (Wildman–Crippen LogP) is 3.68. The van der Waals surface area contributed by atoms with Gasteiger partial charge in [-0.25, -0.2) is 0 Å². The normalized spacial score (nSPS) is 14.6. The van der Waals surface area contributed by atoms with Crippen LogP contribution in [0.15, 0.2) is 91.0 Å². The largest absolute Gasteiger partial charge is 0.554 e. The van der Waals surface area contributed by atoms with E-state index < -0.39 is 13.7 Å². The molecule has 0 aliphatic heterocycles. The van der Waals surface area contributed by atoms with Crippen LogP contribution >= 0.6 is 7.26 Å². The molecule has 144 valence electrons. The van der Waals surface area contributed by atoms with Crippen LogP contribution in [0, 0.1) is 0 Å². The molecule has 4 rings (SSSR count). The van der Waals surface area contributed by atoms with Crippen LogP contribution in [0.5, 0.6) is 0 Å². The molecular formula is C25H27O2P. The third-order valence-corrected chi connectivity index (χ3v) is 10.6. The van der Waals surface area contributed by atoms with Gasteiger partial charge in [0.25, 0.3) is 0 Å². The van der Waals surface area contributed by atoms with Gasteiger partial charge >= 0.3 is 0 Å². The third kappa shape index (κ3) is 4.18. The summed E-state index contributed by atoms with van der Waals surface area (Å²) in [6.07, 6.45) is 6.85. The van der Waals surface area contributed by atoms with Gasteiger partial charge in [0, 0.05) is 6.47 Å². The topological polar surface area (TPSA) is 40.1 Å². The lowest BCUT2D eigenvalue weighted by Crippen LogP contribution is -2.39. The molecule has 0 spiro atoms. The SMILES string of the molecule is O=C[O-].c1ccc([P+](c2ccccc2)(c2ccccc2)C2CCCCC2)cc1. The molecule has 3 aromatic carbocycles. The molecule has 28 heavy (non-hydrogen) atoms. The van der Waals surface area contributed by atoms with Crippen molar-refractivity contribution in [2.24, 2.45) is 0 Å². The van der Waals surface area contributed by atoms with Crippen LogP contribution in [0.3, 0.4) is 0 Å². The van der Waals surface area contributed by atoms with E-state index in [2.05, 4.69) is 91.0 Å². The van der Waals surface area contributed by atoms with E-state index in [9.17, 15) is 0 Å². The molecule has 0 aromatic heterocycles. The molecule has 1 aliphatic carbocycles. The molecule has 0 amide bonds. The number of hydrogen-bond donors (Lipinski definition) is 0. The number of rotatable bonds is 4. The minimum Gasteiger partial charge on any atom is -0.554 e. The van der Waals surface area contributed by atoms with Crippen molar-refractivity contribution in [3.63, 3.8) is 0 Å². The number of benzene rings is 3. The van der Waals surface area contributed by atoms with Crippen molar-refractivity contribution in [2.75, 3.05) is 0 Å². The van der Waals surface area contributed by atoms with Crippen molar-refractivity contribution >= 4 is 29.6 Å². The average Bonchev–Trinajstić information content (AvgIpc) is 2.78. The Morgan fingerprint density at radius 3 is 1.29 bits per heavy atom. The summed E-state index contributed by atoms with van der Waals surface area (Å²) in [5.74, 6) is 0. The van der Waals surface area contributed by atoms with Crippen molar-refractivity contribution in [3.8, 4) is 0 Å². The third-order valence-electron chi connectivity index (χ3n) is 5.61. The van der Waals surface area contributed by atoms with Gasteiger partial charge in [-0.3, -0.25) is 0 Å². The van der Waals surface area contributed by atoms with Crippen molar-refractivity contribution in [1.82, 2.24) is 0 Å². The lowest BCUT2D eigenvalue weighted by Gasteiger charge is -2.36. The molecule has 0 bridgehead atoms. The minimum absolute atomic E-state index is 0.500. The number of carboxylic acid groups (broad SMARTS) is 1. The summed E-state index contributed by atoms with van der Waals surface area (Å²) in [7, 11) is -1.63. The summed E-state index contributed by atoms with van der Waals surface area (Å²) >= 11 is 0. The number of hydrogen-bond acceptors (Lipinski definition) is 2. The van der Waals surface area contributed by atoms with Crippen molar-refractivity contribution in [3.05, 3.63) is 91.0 Å². The summed E-state index contributed by atoms with van der Waals surface area (Å²) in [5, 5.41) is 12.9. The average molecular weight is 390 g/mol. The molecule has 0 heterocycles. The van der Waals surface area contributed by atoms with E-state index in [4.69, 9.17) is 9.90 Å². The molecule has 0 saturated heterocycles. The van der Waals surface area contributed by atoms with Gasteiger partial charge in [0.2, 0.25) is 0 Å². The molecule has 0 unspecified atom stereocenters. The first-order valence-electron chi connectivity index (χ1n) is 9.95. The molecule has 2 nitrogen and oxygen atoms in total. The van der Waals surface area contributed by atoms with Gasteiger partial charge in [0.15, 0.2) is 0 Å². The van der Waals surface area contributed by atoms with Crippen LogP contribution in [0.4, 0.5) is 0 Å². The van der Waals surface area contributed by atoms with E-state index >= 15 is 0 Å². The van der Waals surface area contributed by atoms with Gasteiger partial charge in [-0.1, -0.05) is 61.0 Å². The number of carbonyl (C=O) groups excluding carboxylic acids is 1. The fraction of sp³-hybridized carbons (Fsp3) is 0.240. The quantitative estimate of drug-likeness (QED) is 0.504. The Balaban J connectivity index is 0.000000706. The summed E-state index contributed by atoms with van der Waals surface area (Å²) in [6.45, 7) is -0.500. The van der Waals surface area contributed by atoms with E-state index in [1.807, 2.05) is 0 Å². The lowest BCUT2D eigenvalue weighted by molar-refractivity contribution is -0.283. The molecule has 3 aromatic rings. The highest BCUT2D eigenvalue weighted by molar-refractivity contribution is 7.96. The smallest absolute Gasteiger partial charge is 0.115 e. The van der Waals surface area contributed by atoms with Crippen molar-refractivity contribution < 1.29 is 9.90 Å². The molecule has 3 heteroatoms. The summed E-state index contributed by atoms with van der Waals surface area (Å²) in [6, 6.07) is 34.0. The Bertz CT molecular complexity index is 732. The molecule has 1 aliphatic rings. The van der Waals surface area contributed by atoms with Crippen LogP contribution in [-0.4, -0.2) is 12.1 Å². The van der Waals surface area contributed by atoms with E-state index in [1.165, 1.54) is 32.1 Å². The first kappa shape index (κ1) is 20.3. The lowest BCUT2D eigenvalue weighted by atomic mass is 10.0. The predicted molar refractivity (Wildman–Crippen MR) is 118 cm³/mol. The molecule has 0 atom stereocenters. The number of carbonyl (C=O) groups is 1. The monoisotopic (exact) mass is 390 g/mol. The first-order valence-corrected chi connectivity index (χ1v) is 11.8. The van der Waals surface area contributed by atoms with Crippen LogP contribution in [-0.2, 0) is 4.79 Å². The van der Waals surface area contributed by atoms with Gasteiger partial charge in [-0.15, -0.1) is 0 Å². The molecular weight excluding hydrogens is 363 g/mol. The zero-order valence-electron chi connectivity index (χ0n) is 16.1. The highest BCUT2D eigenvalue weighted by Gasteiger charge is 2.51. The Hall–Kier alpha value is -2.44. The zero-order valence-corrected chi connectivity index (χ0v) is 17.0. The second-order valence-electron chi connectivity index (χ2n) is 7.12. The van der Waals surface area contributed by atoms with Crippen LogP contribution < -0.4 is 21.0 Å². The van der Waals surface area contributed by atoms with Gasteiger partial charge in [0.05, 0.1) is 5.66 Å². The Kier molecular flexibility index (Phi) is 7.39. The van der Waals surface area contributed by atoms with Gasteiger partial charge < -0.3 is 9.90 Å². The fourth-order valence-electron chi connectivity index (χ4n) is 4.54. The van der Waals surface area contributed by atoms with E-state index in [0.29, 0.717) is 0 Å². The van der Waals surface area contributed by atoms with Crippen molar-refractivity contribution in [1.29, 1.82) is 0 Å². The van der Waals surface area contributed by atoms with Crippen LogP contribution in [0.25, 0.3) is 0 Å². The Labute approximate surface area is 168 Å². The maximum absolute atomic E-state index is 8.25. The first-order chi connectivity index (χ1) is 13.8. The molecule has 0 N–H and O–H groups in total. The second kappa shape index (κ2) is 10.2. The zero-order chi connectivity index (χ0) is 19.7. The van der Waals surface area contributed by atoms with Gasteiger partial charge in [-0.2, -0.15) is 0 Å². The molecule has 1 fully saturated rings. The Morgan fingerprint density at radius 2 is 0.964 bits per heavy atom. The summed E-state index contributed by atoms with van der Waals surface area (Å²) in [4.78, 5) is 8.25. The molecule has 0 radical (unpaired) electrons. The second-order valence-corrected chi connectivity index (χ2v) is 10.8. The van der Waals surface area contributed by atoms with E-state index in [0.717, 1.165) is 5.66 Å². The standard InChI is InChI=1S/C24H26P.CH2O2/c1-5-13-21(14-6-1)25(22-15-7-2-8-16-22,23-17-9-3-10-18-23)24-19-11-4-12-20-24;2-1-3/h1-3,5-10,13-18,24H,4,11-12,19-20H2;1H,(H,2,3)/q+1;/p-1. The summed E-state index contributed by atoms with van der Waals surface area (Å²) < 4.78 is 0. The highest BCUT2D eigenvalue weighted by Crippen LogP contribution is 2.63. The summed E-state index contributed by atoms with van der Waals surface area (Å²) in [5.41, 5.74) is 0.758. The van der Waals surface area contributed by atoms with Gasteiger partial charge in [0.1, 0.15) is 23.2 Å². The minimum atomic E-state index is -1.63. The maximum atomic E-state index is 8.25. The van der Waals surface area contributed by atoms with Gasteiger partial charge in [-0.05, 0) is 62.1 Å². The van der Waals surface area contributed by atoms with E-state index in [1.54, 1.807) is 15.9 Å².